The number of carbonyl (C=O) groups excluding carboxylic acids is 1. The van der Waals surface area contributed by atoms with Crippen molar-refractivity contribution in [1.82, 2.24) is 9.47 Å². The predicted molar refractivity (Wildman–Crippen MR) is 139 cm³/mol. The average molecular weight is 508 g/mol. The maximum Gasteiger partial charge on any atom is 0.242 e. The van der Waals surface area contributed by atoms with E-state index in [0.29, 0.717) is 36.6 Å². The third kappa shape index (κ3) is 4.54. The summed E-state index contributed by atoms with van der Waals surface area (Å²) >= 11 is 6.19. The van der Waals surface area contributed by atoms with E-state index in [0.717, 1.165) is 16.8 Å². The topological polar surface area (TPSA) is 62.6 Å². The number of fused-ring (bicyclic) bond motifs is 1. The molecule has 0 aliphatic carbocycles. The summed E-state index contributed by atoms with van der Waals surface area (Å²) in [5.41, 5.74) is 2.97. The van der Waals surface area contributed by atoms with E-state index >= 15 is 0 Å². The van der Waals surface area contributed by atoms with Gasteiger partial charge in [-0.2, -0.15) is 0 Å². The van der Waals surface area contributed by atoms with Gasteiger partial charge in [0.15, 0.2) is 0 Å². The number of benzene rings is 3. The number of anilines is 1. The van der Waals surface area contributed by atoms with E-state index in [-0.39, 0.29) is 22.2 Å². The predicted octanol–water partition coefficient (Wildman–Crippen LogP) is 4.78. The molecule has 35 heavy (non-hydrogen) atoms. The fourth-order valence-corrected chi connectivity index (χ4v) is 6.31. The summed E-state index contributed by atoms with van der Waals surface area (Å²) in [6, 6.07) is 21.6. The van der Waals surface area contributed by atoms with E-state index < -0.39 is 9.84 Å². The molecule has 0 bridgehead atoms. The number of rotatable bonds is 5. The van der Waals surface area contributed by atoms with Gasteiger partial charge >= 0.3 is 0 Å². The van der Waals surface area contributed by atoms with Crippen molar-refractivity contribution >= 4 is 43.9 Å². The third-order valence-electron chi connectivity index (χ3n) is 6.54. The Balaban J connectivity index is 1.36. The van der Waals surface area contributed by atoms with Crippen molar-refractivity contribution in [1.29, 1.82) is 0 Å². The Labute approximate surface area is 210 Å². The summed E-state index contributed by atoms with van der Waals surface area (Å²) in [6.07, 6.45) is 1.59. The zero-order valence-corrected chi connectivity index (χ0v) is 21.0. The Morgan fingerprint density at radius 1 is 0.914 bits per heavy atom. The first-order valence-electron chi connectivity index (χ1n) is 11.5. The van der Waals surface area contributed by atoms with Gasteiger partial charge in [-0.3, -0.25) is 4.79 Å². The van der Waals surface area contributed by atoms with Crippen LogP contribution in [0.2, 0.25) is 5.02 Å². The van der Waals surface area contributed by atoms with E-state index in [1.807, 2.05) is 41.3 Å². The van der Waals surface area contributed by atoms with Crippen molar-refractivity contribution in [2.75, 3.05) is 31.1 Å². The van der Waals surface area contributed by atoms with Crippen molar-refractivity contribution in [3.8, 4) is 0 Å². The highest BCUT2D eigenvalue weighted by molar-refractivity contribution is 7.91. The van der Waals surface area contributed by atoms with Gasteiger partial charge in [0.25, 0.3) is 0 Å². The van der Waals surface area contributed by atoms with Crippen molar-refractivity contribution in [3.63, 3.8) is 0 Å². The van der Waals surface area contributed by atoms with Crippen LogP contribution in [0, 0.1) is 6.92 Å². The average Bonchev–Trinajstić information content (AvgIpc) is 3.25. The molecule has 2 heterocycles. The third-order valence-corrected chi connectivity index (χ3v) is 8.58. The van der Waals surface area contributed by atoms with Crippen LogP contribution in [-0.4, -0.2) is 50.0 Å². The number of piperazine rings is 1. The van der Waals surface area contributed by atoms with Crippen molar-refractivity contribution in [2.24, 2.45) is 0 Å². The molecule has 1 aliphatic heterocycles. The van der Waals surface area contributed by atoms with Gasteiger partial charge in [0, 0.05) is 54.0 Å². The highest BCUT2D eigenvalue weighted by Crippen LogP contribution is 2.30. The lowest BCUT2D eigenvalue weighted by molar-refractivity contribution is -0.132. The van der Waals surface area contributed by atoms with Gasteiger partial charge in [0.2, 0.25) is 15.7 Å². The number of carbonyl (C=O) groups is 1. The second-order valence-electron chi connectivity index (χ2n) is 8.75. The largest absolute Gasteiger partial charge is 0.368 e. The SMILES string of the molecule is Cc1ccc(Cl)cc1N1CCN(C(=O)Cn2cc(S(=O)(=O)c3ccccc3)c3ccccc32)CC1. The number of aryl methyl sites for hydroxylation is 1. The Morgan fingerprint density at radius 2 is 1.60 bits per heavy atom. The standard InChI is InChI=1S/C27H26ClN3O3S/c1-20-11-12-21(28)17-25(20)29-13-15-30(16-14-29)27(32)19-31-18-26(23-9-5-6-10-24(23)31)35(33,34)22-7-3-2-4-8-22/h2-12,17-18H,13-16,19H2,1H3. The van der Waals surface area contributed by atoms with Crippen LogP contribution in [0.4, 0.5) is 5.69 Å². The molecule has 1 aromatic heterocycles. The first-order valence-corrected chi connectivity index (χ1v) is 13.4. The molecule has 0 spiro atoms. The van der Waals surface area contributed by atoms with Gasteiger partial charge in [-0.25, -0.2) is 8.42 Å². The van der Waals surface area contributed by atoms with E-state index in [2.05, 4.69) is 11.8 Å². The van der Waals surface area contributed by atoms with Crippen LogP contribution in [0.25, 0.3) is 10.9 Å². The summed E-state index contributed by atoms with van der Waals surface area (Å²) < 4.78 is 28.4. The zero-order valence-electron chi connectivity index (χ0n) is 19.4. The first kappa shape index (κ1) is 23.5. The number of aromatic nitrogens is 1. The number of sulfone groups is 1. The Kier molecular flexibility index (Phi) is 6.30. The molecule has 4 aromatic rings. The van der Waals surface area contributed by atoms with Crippen LogP contribution in [0.5, 0.6) is 0 Å². The van der Waals surface area contributed by atoms with Crippen molar-refractivity contribution < 1.29 is 13.2 Å². The molecule has 0 atom stereocenters. The molecule has 1 aliphatic rings. The lowest BCUT2D eigenvalue weighted by Crippen LogP contribution is -2.49. The molecule has 6 nitrogen and oxygen atoms in total. The monoisotopic (exact) mass is 507 g/mol. The van der Waals surface area contributed by atoms with Crippen LogP contribution in [0.15, 0.2) is 88.8 Å². The van der Waals surface area contributed by atoms with Crippen LogP contribution < -0.4 is 4.90 Å². The zero-order chi connectivity index (χ0) is 24.6. The molecule has 0 N–H and O–H groups in total. The van der Waals surface area contributed by atoms with Crippen LogP contribution in [0.1, 0.15) is 5.56 Å². The molecule has 1 amide bonds. The molecule has 1 saturated heterocycles. The number of hydrogen-bond donors (Lipinski definition) is 0. The van der Waals surface area contributed by atoms with Crippen LogP contribution in [0.3, 0.4) is 0 Å². The molecule has 3 aromatic carbocycles. The summed E-state index contributed by atoms with van der Waals surface area (Å²) in [5, 5.41) is 1.32. The number of halogens is 1. The maximum atomic E-state index is 13.3. The second kappa shape index (κ2) is 9.40. The Hall–Kier alpha value is -3.29. The summed E-state index contributed by atoms with van der Waals surface area (Å²) in [4.78, 5) is 17.8. The molecule has 180 valence electrons. The van der Waals surface area contributed by atoms with Gasteiger partial charge in [-0.15, -0.1) is 0 Å². The molecule has 8 heteroatoms. The quantitative estimate of drug-likeness (QED) is 0.390. The highest BCUT2D eigenvalue weighted by atomic mass is 35.5. The van der Waals surface area contributed by atoms with Crippen molar-refractivity contribution in [3.05, 3.63) is 89.6 Å². The van der Waals surface area contributed by atoms with Crippen LogP contribution >= 0.6 is 11.6 Å². The number of nitrogens with zero attached hydrogens (tertiary/aromatic N) is 3. The lowest BCUT2D eigenvalue weighted by atomic mass is 10.1. The Morgan fingerprint density at radius 3 is 2.34 bits per heavy atom. The smallest absolute Gasteiger partial charge is 0.242 e. The number of amides is 1. The van der Waals surface area contributed by atoms with Gasteiger partial charge in [0.05, 0.1) is 9.79 Å². The van der Waals surface area contributed by atoms with Gasteiger partial charge in [0.1, 0.15) is 6.54 Å². The van der Waals surface area contributed by atoms with Gasteiger partial charge in [-0.1, -0.05) is 54.1 Å². The minimum Gasteiger partial charge on any atom is -0.368 e. The summed E-state index contributed by atoms with van der Waals surface area (Å²) in [5.74, 6) is -0.0307. The first-order chi connectivity index (χ1) is 16.8. The van der Waals surface area contributed by atoms with Crippen LogP contribution in [-0.2, 0) is 21.2 Å². The van der Waals surface area contributed by atoms with Gasteiger partial charge in [-0.05, 0) is 42.8 Å². The highest BCUT2D eigenvalue weighted by Gasteiger charge is 2.26. The normalized spacial score (nSPS) is 14.5. The maximum absolute atomic E-state index is 13.3. The minimum atomic E-state index is -3.71. The molecular formula is C27H26ClN3O3S. The molecule has 0 unspecified atom stereocenters. The molecular weight excluding hydrogens is 482 g/mol. The summed E-state index contributed by atoms with van der Waals surface area (Å²) in [7, 11) is -3.71. The minimum absolute atomic E-state index is 0.0307. The molecule has 0 saturated carbocycles. The van der Waals surface area contributed by atoms with E-state index in [1.54, 1.807) is 47.2 Å². The van der Waals surface area contributed by atoms with E-state index in [9.17, 15) is 13.2 Å². The molecule has 5 rings (SSSR count). The Bertz CT molecular complexity index is 1490. The van der Waals surface area contributed by atoms with Crippen molar-refractivity contribution in [2.45, 2.75) is 23.3 Å². The van der Waals surface area contributed by atoms with Gasteiger partial charge < -0.3 is 14.4 Å². The lowest BCUT2D eigenvalue weighted by Gasteiger charge is -2.37. The second-order valence-corrected chi connectivity index (χ2v) is 11.1. The fraction of sp³-hybridized carbons (Fsp3) is 0.222. The van der Waals surface area contributed by atoms with E-state index in [4.69, 9.17) is 11.6 Å². The number of hydrogen-bond acceptors (Lipinski definition) is 4. The number of para-hydroxylation sites is 1. The van der Waals surface area contributed by atoms with E-state index in [1.165, 1.54) is 0 Å². The molecule has 0 radical (unpaired) electrons. The summed E-state index contributed by atoms with van der Waals surface area (Å²) in [6.45, 7) is 4.76. The molecule has 1 fully saturated rings. The fourth-order valence-electron chi connectivity index (χ4n) is 4.65.